The molecule has 0 aliphatic carbocycles. The van der Waals surface area contributed by atoms with E-state index in [9.17, 15) is 14.6 Å². The maximum atomic E-state index is 12.4. The molecule has 0 bridgehead atoms. The van der Waals surface area contributed by atoms with Crippen molar-refractivity contribution in [1.82, 2.24) is 9.32 Å². The van der Waals surface area contributed by atoms with Crippen molar-refractivity contribution in [1.29, 1.82) is 0 Å². The van der Waals surface area contributed by atoms with Crippen molar-refractivity contribution in [2.24, 2.45) is 5.50 Å². The number of imidazole rings is 1. The van der Waals surface area contributed by atoms with Gasteiger partial charge in [-0.1, -0.05) is 0 Å². The molecule has 2 saturated heterocycles. The lowest BCUT2D eigenvalue weighted by Crippen LogP contribution is -2.30. The average molecular weight is 445 g/mol. The van der Waals surface area contributed by atoms with Gasteiger partial charge >= 0.3 is 7.75 Å². The Morgan fingerprint density at radius 2 is 2.03 bits per heavy atom. The molecule has 4 N–H and O–H groups in total. The first-order valence-electron chi connectivity index (χ1n) is 8.98. The summed E-state index contributed by atoms with van der Waals surface area (Å²) in [4.78, 5) is 14.0. The second-order valence-electron chi connectivity index (χ2n) is 6.80. The molecule has 1 aromatic heterocycles. The Labute approximate surface area is 172 Å². The first-order valence-corrected chi connectivity index (χ1v) is 11.8. The number of nitrogens with two attached hydrogens (primary N) is 1. The molecule has 3 heterocycles. The molecule has 0 aromatic carbocycles. The number of rotatable bonds is 9. The van der Waals surface area contributed by atoms with Crippen LogP contribution in [0.15, 0.2) is 12.4 Å². The van der Waals surface area contributed by atoms with Gasteiger partial charge in [-0.2, -0.15) is 0 Å². The van der Waals surface area contributed by atoms with E-state index in [1.165, 1.54) is 12.4 Å². The molecule has 11 nitrogen and oxygen atoms in total. The quantitative estimate of drug-likeness (QED) is 0.341. The molecule has 0 spiro atoms. The molecular weight excluding hydrogens is 422 g/mol. The Bertz CT molecular complexity index is 731. The number of aliphatic hydroxyl groups excluding tert-OH is 1. The fraction of sp³-hybridized carbons (Fsp3) is 0.786. The topological polar surface area (TPSA) is 148 Å². The number of aromatic nitrogens is 2. The smallest absolute Gasteiger partial charge is 0.390 e. The summed E-state index contributed by atoms with van der Waals surface area (Å²) in [5, 5.41) is 9.81. The molecule has 3 rings (SSSR count). The first-order chi connectivity index (χ1) is 13.7. The van der Waals surface area contributed by atoms with Crippen molar-refractivity contribution in [3.63, 3.8) is 0 Å². The summed E-state index contributed by atoms with van der Waals surface area (Å²) < 4.78 is 40.6. The minimum atomic E-state index is -4.14. The van der Waals surface area contributed by atoms with Gasteiger partial charge in [0.25, 0.3) is 8.53 Å². The van der Waals surface area contributed by atoms with Gasteiger partial charge in [0.15, 0.2) is 0 Å². The van der Waals surface area contributed by atoms with E-state index in [2.05, 4.69) is 4.98 Å². The molecular formula is C14H23B2N3O8P2. The molecule has 2 fully saturated rings. The van der Waals surface area contributed by atoms with E-state index < -0.39 is 52.7 Å². The van der Waals surface area contributed by atoms with Crippen LogP contribution >= 0.6 is 16.3 Å². The van der Waals surface area contributed by atoms with Gasteiger partial charge in [0.1, 0.15) is 33.7 Å². The van der Waals surface area contributed by atoms with Crippen LogP contribution in [0.5, 0.6) is 0 Å². The third-order valence-corrected chi connectivity index (χ3v) is 6.90. The van der Waals surface area contributed by atoms with E-state index in [0.29, 0.717) is 18.7 Å². The van der Waals surface area contributed by atoms with Crippen molar-refractivity contribution < 1.29 is 37.6 Å². The Morgan fingerprint density at radius 3 is 2.66 bits per heavy atom. The number of nitrogens with zero attached hydrogens (tertiary/aromatic N) is 2. The Kier molecular flexibility index (Phi) is 7.95. The highest BCUT2D eigenvalue weighted by Gasteiger charge is 2.38. The lowest BCUT2D eigenvalue weighted by molar-refractivity contribution is -0.00863. The third-order valence-electron chi connectivity index (χ3n) is 4.57. The lowest BCUT2D eigenvalue weighted by atomic mass is 9.96. The molecule has 29 heavy (non-hydrogen) atoms. The Hall–Kier alpha value is -0.320. The van der Waals surface area contributed by atoms with Gasteiger partial charge in [-0.05, 0) is 19.8 Å². The molecule has 15 heteroatoms. The van der Waals surface area contributed by atoms with E-state index in [4.69, 9.17) is 44.2 Å². The highest BCUT2D eigenvalue weighted by atomic mass is 31.2. The number of ether oxygens (including phenoxy) is 2. The van der Waals surface area contributed by atoms with Crippen LogP contribution in [0.3, 0.4) is 0 Å². The predicted octanol–water partition coefficient (Wildman–Crippen LogP) is -0.328. The fourth-order valence-corrected chi connectivity index (χ4v) is 5.05. The summed E-state index contributed by atoms with van der Waals surface area (Å²) in [5.41, 5.74) is 5.90. The summed E-state index contributed by atoms with van der Waals surface area (Å²) in [6.45, 7) is 1.35. The molecule has 0 saturated carbocycles. The maximum absolute atomic E-state index is 12.4. The van der Waals surface area contributed by atoms with Crippen LogP contribution < -0.4 is 5.50 Å². The minimum absolute atomic E-state index is 0.0175. The van der Waals surface area contributed by atoms with Crippen LogP contribution in [-0.4, -0.2) is 84.7 Å². The fourth-order valence-electron chi connectivity index (χ4n) is 3.10. The SMILES string of the molecule is [B]C1CC(O)C(COP(N)OC2CC([B])OC2COP(=O)(O)n2ccnc2C)O1. The van der Waals surface area contributed by atoms with Crippen molar-refractivity contribution in [2.45, 2.75) is 56.2 Å². The zero-order valence-corrected chi connectivity index (χ0v) is 17.6. The third kappa shape index (κ3) is 6.11. The van der Waals surface area contributed by atoms with Gasteiger partial charge in [-0.3, -0.25) is 10.0 Å². The highest BCUT2D eigenvalue weighted by Crippen LogP contribution is 2.45. The summed E-state index contributed by atoms with van der Waals surface area (Å²) in [7, 11) is 5.44. The van der Waals surface area contributed by atoms with Crippen molar-refractivity contribution >= 4 is 32.0 Å². The van der Waals surface area contributed by atoms with Gasteiger partial charge in [-0.25, -0.2) is 13.9 Å². The lowest BCUT2D eigenvalue weighted by Gasteiger charge is -2.24. The summed E-state index contributed by atoms with van der Waals surface area (Å²) in [6, 6.07) is -1.18. The van der Waals surface area contributed by atoms with Gasteiger partial charge in [0.2, 0.25) is 0 Å². The minimum Gasteiger partial charge on any atom is -0.390 e. The van der Waals surface area contributed by atoms with E-state index in [1.54, 1.807) is 6.92 Å². The highest BCUT2D eigenvalue weighted by molar-refractivity contribution is 7.51. The molecule has 158 valence electrons. The van der Waals surface area contributed by atoms with Crippen LogP contribution in [0.25, 0.3) is 0 Å². The van der Waals surface area contributed by atoms with Crippen LogP contribution in [0.1, 0.15) is 18.7 Å². The number of aliphatic hydroxyl groups is 1. The summed E-state index contributed by atoms with van der Waals surface area (Å²) >= 11 is 0. The molecule has 2 aliphatic rings. The molecule has 0 amide bonds. The summed E-state index contributed by atoms with van der Waals surface area (Å²) in [6.07, 6.45) is 0.746. The van der Waals surface area contributed by atoms with E-state index >= 15 is 0 Å². The van der Waals surface area contributed by atoms with Crippen molar-refractivity contribution in [3.8, 4) is 0 Å². The largest absolute Gasteiger partial charge is 0.437 e. The molecule has 4 radical (unpaired) electrons. The molecule has 2 aliphatic heterocycles. The molecule has 8 unspecified atom stereocenters. The predicted molar refractivity (Wildman–Crippen MR) is 104 cm³/mol. The second kappa shape index (κ2) is 9.87. The Morgan fingerprint density at radius 1 is 1.34 bits per heavy atom. The second-order valence-corrected chi connectivity index (χ2v) is 9.51. The van der Waals surface area contributed by atoms with Crippen LogP contribution in [0.2, 0.25) is 0 Å². The van der Waals surface area contributed by atoms with Gasteiger partial charge < -0.3 is 28.5 Å². The standard InChI is InChI=1S/C14H23B2N3O8P2/c1-8-18-2-3-19(8)29(21,22)24-7-12-10(5-14(16)26-12)27-28(17)23-6-11-9(20)4-13(15)25-11/h2-3,9-14,20H,4-7,17H2,1H3,(H,21,22). The van der Waals surface area contributed by atoms with Gasteiger partial charge in [0.05, 0.1) is 25.4 Å². The molecule has 1 aromatic rings. The maximum Gasteiger partial charge on any atom is 0.437 e. The normalized spacial score (nSPS) is 35.6. The molecule has 8 atom stereocenters. The average Bonchev–Trinajstić information content (AvgIpc) is 3.30. The van der Waals surface area contributed by atoms with Gasteiger partial charge in [-0.15, -0.1) is 0 Å². The van der Waals surface area contributed by atoms with Crippen molar-refractivity contribution in [2.75, 3.05) is 13.2 Å². The zero-order valence-electron chi connectivity index (χ0n) is 15.8. The van der Waals surface area contributed by atoms with Crippen molar-refractivity contribution in [3.05, 3.63) is 18.2 Å². The number of hydrogen-bond acceptors (Lipinski definition) is 9. The van der Waals surface area contributed by atoms with E-state index in [1.807, 2.05) is 0 Å². The zero-order chi connectivity index (χ0) is 21.2. The van der Waals surface area contributed by atoms with Crippen LogP contribution in [-0.2, 0) is 27.6 Å². The monoisotopic (exact) mass is 445 g/mol. The van der Waals surface area contributed by atoms with E-state index in [0.717, 1.165) is 4.34 Å². The first kappa shape index (κ1) is 23.3. The van der Waals surface area contributed by atoms with Gasteiger partial charge in [0, 0.05) is 24.4 Å². The number of aryl methyl sites for hydroxylation is 1. The summed E-state index contributed by atoms with van der Waals surface area (Å²) in [5.74, 6) is 0.336. The Balaban J connectivity index is 1.49. The number of hydrogen-bond donors (Lipinski definition) is 3. The van der Waals surface area contributed by atoms with Crippen LogP contribution in [0.4, 0.5) is 0 Å². The van der Waals surface area contributed by atoms with E-state index in [-0.39, 0.29) is 13.2 Å². The van der Waals surface area contributed by atoms with Crippen LogP contribution in [0, 0.1) is 6.92 Å².